The lowest BCUT2D eigenvalue weighted by Gasteiger charge is -2.13. The summed E-state index contributed by atoms with van der Waals surface area (Å²) in [6.07, 6.45) is 1.86. The summed E-state index contributed by atoms with van der Waals surface area (Å²) in [5.41, 5.74) is -0.273. The van der Waals surface area contributed by atoms with Gasteiger partial charge in [-0.1, -0.05) is 6.07 Å². The Morgan fingerprint density at radius 2 is 2.06 bits per heavy atom. The zero-order valence-electron chi connectivity index (χ0n) is 9.79. The molecule has 17 heavy (non-hydrogen) atoms. The maximum atomic E-state index is 12.1. The SMILES string of the molecule is CC(=O)NCCNC(=O)C1(c2cccs2)CC1. The summed E-state index contributed by atoms with van der Waals surface area (Å²) in [5, 5.41) is 7.54. The number of nitrogens with one attached hydrogen (secondary N) is 2. The Labute approximate surface area is 104 Å². The minimum atomic E-state index is -0.273. The molecule has 2 N–H and O–H groups in total. The van der Waals surface area contributed by atoms with Crippen molar-refractivity contribution in [3.63, 3.8) is 0 Å². The lowest BCUT2D eigenvalue weighted by Crippen LogP contribution is -2.39. The second kappa shape index (κ2) is 4.87. The van der Waals surface area contributed by atoms with Crippen LogP contribution >= 0.6 is 11.3 Å². The highest BCUT2D eigenvalue weighted by atomic mass is 32.1. The minimum absolute atomic E-state index is 0.0707. The highest BCUT2D eigenvalue weighted by molar-refractivity contribution is 7.10. The van der Waals surface area contributed by atoms with Crippen LogP contribution < -0.4 is 10.6 Å². The number of amides is 2. The van der Waals surface area contributed by atoms with E-state index in [9.17, 15) is 9.59 Å². The number of rotatable bonds is 5. The fraction of sp³-hybridized carbons (Fsp3) is 0.500. The van der Waals surface area contributed by atoms with Gasteiger partial charge in [0.1, 0.15) is 0 Å². The molecule has 2 rings (SSSR count). The summed E-state index contributed by atoms with van der Waals surface area (Å²) in [5.74, 6) is 0.0175. The zero-order valence-corrected chi connectivity index (χ0v) is 10.6. The Kier molecular flexibility index (Phi) is 3.47. The molecule has 2 amide bonds. The fourth-order valence-corrected chi connectivity index (χ4v) is 2.83. The van der Waals surface area contributed by atoms with Gasteiger partial charge in [-0.3, -0.25) is 9.59 Å². The molecule has 1 aliphatic carbocycles. The topological polar surface area (TPSA) is 58.2 Å². The van der Waals surface area contributed by atoms with E-state index in [1.54, 1.807) is 11.3 Å². The van der Waals surface area contributed by atoms with E-state index in [2.05, 4.69) is 10.6 Å². The van der Waals surface area contributed by atoms with Crippen molar-refractivity contribution in [2.75, 3.05) is 13.1 Å². The van der Waals surface area contributed by atoms with Crippen LogP contribution in [0, 0.1) is 0 Å². The van der Waals surface area contributed by atoms with Crippen molar-refractivity contribution in [1.82, 2.24) is 10.6 Å². The second-order valence-electron chi connectivity index (χ2n) is 4.30. The molecule has 4 nitrogen and oxygen atoms in total. The van der Waals surface area contributed by atoms with Crippen LogP contribution in [0.3, 0.4) is 0 Å². The van der Waals surface area contributed by atoms with Gasteiger partial charge in [0.05, 0.1) is 5.41 Å². The highest BCUT2D eigenvalue weighted by Gasteiger charge is 2.51. The number of carbonyl (C=O) groups excluding carboxylic acids is 2. The Bertz CT molecular complexity index is 410. The number of thiophene rings is 1. The van der Waals surface area contributed by atoms with E-state index in [1.807, 2.05) is 17.5 Å². The van der Waals surface area contributed by atoms with E-state index in [1.165, 1.54) is 6.92 Å². The van der Waals surface area contributed by atoms with Gasteiger partial charge in [0.25, 0.3) is 0 Å². The van der Waals surface area contributed by atoms with Crippen LogP contribution in [0.4, 0.5) is 0 Å². The molecule has 1 saturated carbocycles. The van der Waals surface area contributed by atoms with E-state index < -0.39 is 0 Å². The summed E-state index contributed by atoms with van der Waals surface area (Å²) in [6, 6.07) is 4.00. The van der Waals surface area contributed by atoms with Crippen LogP contribution in [-0.2, 0) is 15.0 Å². The molecule has 5 heteroatoms. The van der Waals surface area contributed by atoms with Gasteiger partial charge in [0, 0.05) is 24.9 Å². The van der Waals surface area contributed by atoms with Gasteiger partial charge < -0.3 is 10.6 Å². The third kappa shape index (κ3) is 2.66. The van der Waals surface area contributed by atoms with Gasteiger partial charge in [-0.15, -0.1) is 11.3 Å². The molecule has 1 fully saturated rings. The summed E-state index contributed by atoms with van der Waals surface area (Å²) >= 11 is 1.63. The molecule has 0 spiro atoms. The summed E-state index contributed by atoms with van der Waals surface area (Å²) in [6.45, 7) is 2.45. The molecule has 0 bridgehead atoms. The lowest BCUT2D eigenvalue weighted by molar-refractivity contribution is -0.124. The first kappa shape index (κ1) is 12.1. The van der Waals surface area contributed by atoms with E-state index >= 15 is 0 Å². The van der Waals surface area contributed by atoms with Gasteiger partial charge in [0.2, 0.25) is 11.8 Å². The highest BCUT2D eigenvalue weighted by Crippen LogP contribution is 2.50. The number of hydrogen-bond acceptors (Lipinski definition) is 3. The molecule has 0 saturated heterocycles. The average Bonchev–Trinajstić information content (AvgIpc) is 2.92. The average molecular weight is 252 g/mol. The van der Waals surface area contributed by atoms with Crippen molar-refractivity contribution in [3.05, 3.63) is 22.4 Å². The van der Waals surface area contributed by atoms with Crippen molar-refractivity contribution >= 4 is 23.2 Å². The van der Waals surface area contributed by atoms with Crippen molar-refractivity contribution in [2.24, 2.45) is 0 Å². The molecule has 0 unspecified atom stereocenters. The van der Waals surface area contributed by atoms with E-state index in [0.717, 1.165) is 17.7 Å². The molecular formula is C12H16N2O2S. The Balaban J connectivity index is 1.82. The van der Waals surface area contributed by atoms with Gasteiger partial charge in [0.15, 0.2) is 0 Å². The van der Waals surface area contributed by atoms with E-state index in [-0.39, 0.29) is 17.2 Å². The van der Waals surface area contributed by atoms with Crippen LogP contribution in [0.25, 0.3) is 0 Å². The van der Waals surface area contributed by atoms with Crippen molar-refractivity contribution in [2.45, 2.75) is 25.2 Å². The van der Waals surface area contributed by atoms with Gasteiger partial charge in [-0.05, 0) is 24.3 Å². The largest absolute Gasteiger partial charge is 0.355 e. The van der Waals surface area contributed by atoms with Crippen molar-refractivity contribution < 1.29 is 9.59 Å². The number of hydrogen-bond donors (Lipinski definition) is 2. The monoisotopic (exact) mass is 252 g/mol. The first-order chi connectivity index (χ1) is 8.15. The maximum Gasteiger partial charge on any atom is 0.231 e. The van der Waals surface area contributed by atoms with Crippen LogP contribution in [0.2, 0.25) is 0 Å². The van der Waals surface area contributed by atoms with E-state index in [0.29, 0.717) is 13.1 Å². The van der Waals surface area contributed by atoms with Gasteiger partial charge in [-0.25, -0.2) is 0 Å². The third-order valence-electron chi connectivity index (χ3n) is 2.96. The molecule has 0 atom stereocenters. The smallest absolute Gasteiger partial charge is 0.231 e. The summed E-state index contributed by atoms with van der Waals surface area (Å²) < 4.78 is 0. The zero-order chi connectivity index (χ0) is 12.3. The first-order valence-corrected chi connectivity index (χ1v) is 6.60. The Morgan fingerprint density at radius 1 is 1.35 bits per heavy atom. The molecular weight excluding hydrogens is 236 g/mol. The minimum Gasteiger partial charge on any atom is -0.355 e. The molecule has 1 aromatic rings. The quantitative estimate of drug-likeness (QED) is 0.769. The Morgan fingerprint density at radius 3 is 2.59 bits per heavy atom. The molecule has 1 heterocycles. The van der Waals surface area contributed by atoms with E-state index in [4.69, 9.17) is 0 Å². The summed E-state index contributed by atoms with van der Waals surface area (Å²) in [7, 11) is 0. The van der Waals surface area contributed by atoms with Crippen LogP contribution in [-0.4, -0.2) is 24.9 Å². The van der Waals surface area contributed by atoms with Gasteiger partial charge in [-0.2, -0.15) is 0 Å². The van der Waals surface area contributed by atoms with Crippen LogP contribution in [0.1, 0.15) is 24.6 Å². The second-order valence-corrected chi connectivity index (χ2v) is 5.25. The predicted molar refractivity (Wildman–Crippen MR) is 66.9 cm³/mol. The third-order valence-corrected chi connectivity index (χ3v) is 4.04. The summed E-state index contributed by atoms with van der Waals surface area (Å²) in [4.78, 5) is 23.9. The predicted octanol–water partition coefficient (Wildman–Crippen LogP) is 1.03. The molecule has 0 aliphatic heterocycles. The maximum absolute atomic E-state index is 12.1. The first-order valence-electron chi connectivity index (χ1n) is 5.72. The van der Waals surface area contributed by atoms with Crippen LogP contribution in [0.5, 0.6) is 0 Å². The lowest BCUT2D eigenvalue weighted by atomic mass is 10.0. The Hall–Kier alpha value is -1.36. The fourth-order valence-electron chi connectivity index (χ4n) is 1.84. The molecule has 1 aromatic heterocycles. The van der Waals surface area contributed by atoms with Crippen molar-refractivity contribution in [3.8, 4) is 0 Å². The molecule has 0 radical (unpaired) electrons. The standard InChI is InChI=1S/C12H16N2O2S/c1-9(15)13-6-7-14-11(16)12(4-5-12)10-3-2-8-17-10/h2-3,8H,4-7H2,1H3,(H,13,15)(H,14,16). The normalized spacial score (nSPS) is 16.3. The number of carbonyl (C=O) groups is 2. The van der Waals surface area contributed by atoms with Crippen molar-refractivity contribution in [1.29, 1.82) is 0 Å². The molecule has 0 aromatic carbocycles. The molecule has 92 valence electrons. The van der Waals surface area contributed by atoms with Crippen LogP contribution in [0.15, 0.2) is 17.5 Å². The van der Waals surface area contributed by atoms with Gasteiger partial charge >= 0.3 is 0 Å². The molecule has 1 aliphatic rings.